The maximum Gasteiger partial charge on any atom is 0.311 e. The van der Waals surface area contributed by atoms with Crippen LogP contribution in [0.1, 0.15) is 129 Å². The highest BCUT2D eigenvalue weighted by Gasteiger charge is 2.60. The summed E-state index contributed by atoms with van der Waals surface area (Å²) in [6.45, 7) is 4.28. The van der Waals surface area contributed by atoms with Gasteiger partial charge in [0.25, 0.3) is 0 Å². The molecule has 4 heteroatoms. The first kappa shape index (κ1) is 26.7. The summed E-state index contributed by atoms with van der Waals surface area (Å²) in [6.07, 6.45) is 21.8. The molecule has 2 unspecified atom stereocenters. The van der Waals surface area contributed by atoms with Gasteiger partial charge in [-0.05, 0) is 25.7 Å². The van der Waals surface area contributed by atoms with Crippen LogP contribution >= 0.6 is 0 Å². The third-order valence-electron chi connectivity index (χ3n) is 7.25. The summed E-state index contributed by atoms with van der Waals surface area (Å²) in [6, 6.07) is 0. The van der Waals surface area contributed by atoms with Gasteiger partial charge in [-0.3, -0.25) is 9.59 Å². The summed E-state index contributed by atoms with van der Waals surface area (Å²) in [5.41, 5.74) is -2.33. The molecule has 0 aliphatic heterocycles. The third-order valence-corrected chi connectivity index (χ3v) is 7.25. The molecule has 0 aromatic rings. The average Bonchev–Trinajstić information content (AvgIpc) is 2.73. The predicted octanol–water partition coefficient (Wildman–Crippen LogP) is 7.76. The summed E-state index contributed by atoms with van der Waals surface area (Å²) in [7, 11) is 0. The molecular weight excluding hydrogens is 376 g/mol. The molecule has 0 amide bonds. The first-order valence-corrected chi connectivity index (χ1v) is 12.6. The van der Waals surface area contributed by atoms with Crippen molar-refractivity contribution < 1.29 is 19.8 Å². The summed E-state index contributed by atoms with van der Waals surface area (Å²) in [5, 5.41) is 20.2. The smallest absolute Gasteiger partial charge is 0.311 e. The van der Waals surface area contributed by atoms with Crippen molar-refractivity contribution in [2.75, 3.05) is 0 Å². The zero-order chi connectivity index (χ0) is 22.3. The number of carboxylic acid groups (broad SMARTS) is 2. The Hall–Kier alpha value is -1.32. The molecule has 174 valence electrons. The Morgan fingerprint density at radius 3 is 1.30 bits per heavy atom. The Bertz CT molecular complexity index is 527. The lowest BCUT2D eigenvalue weighted by atomic mass is 9.54. The fourth-order valence-electron chi connectivity index (χ4n) is 5.19. The molecule has 0 radical (unpaired) electrons. The van der Waals surface area contributed by atoms with Crippen LogP contribution in [0.2, 0.25) is 0 Å². The van der Waals surface area contributed by atoms with E-state index in [1.54, 1.807) is 0 Å². The molecule has 2 atom stereocenters. The molecule has 0 aromatic heterocycles. The highest BCUT2D eigenvalue weighted by Crippen LogP contribution is 2.55. The van der Waals surface area contributed by atoms with Crippen molar-refractivity contribution in [3.8, 4) is 0 Å². The minimum atomic E-state index is -1.17. The van der Waals surface area contributed by atoms with Gasteiger partial charge in [-0.1, -0.05) is 116 Å². The number of hydrogen-bond donors (Lipinski definition) is 2. The molecule has 2 N–H and O–H groups in total. The van der Waals surface area contributed by atoms with Gasteiger partial charge in [-0.15, -0.1) is 0 Å². The summed E-state index contributed by atoms with van der Waals surface area (Å²) < 4.78 is 0. The van der Waals surface area contributed by atoms with Gasteiger partial charge in [0, 0.05) is 0 Å². The summed E-state index contributed by atoms with van der Waals surface area (Å²) in [5.74, 6) is -1.85. The van der Waals surface area contributed by atoms with Crippen molar-refractivity contribution in [3.63, 3.8) is 0 Å². The number of hydrogen-bond acceptors (Lipinski definition) is 2. The van der Waals surface area contributed by atoms with Crippen molar-refractivity contribution in [2.24, 2.45) is 10.8 Å². The van der Waals surface area contributed by atoms with E-state index in [2.05, 4.69) is 6.92 Å². The number of aliphatic carboxylic acids is 2. The molecular formula is C26H46O4. The van der Waals surface area contributed by atoms with Crippen LogP contribution in [-0.2, 0) is 9.59 Å². The minimum absolute atomic E-state index is 0.340. The van der Waals surface area contributed by atoms with Crippen molar-refractivity contribution in [3.05, 3.63) is 12.2 Å². The molecule has 0 bridgehead atoms. The molecule has 1 rings (SSSR count). The monoisotopic (exact) mass is 422 g/mol. The van der Waals surface area contributed by atoms with Crippen molar-refractivity contribution in [1.82, 2.24) is 0 Å². The Morgan fingerprint density at radius 1 is 0.600 bits per heavy atom. The molecule has 0 saturated carbocycles. The third kappa shape index (κ3) is 7.42. The van der Waals surface area contributed by atoms with E-state index in [4.69, 9.17) is 0 Å². The molecule has 0 saturated heterocycles. The Morgan fingerprint density at radius 2 is 0.933 bits per heavy atom. The number of rotatable bonds is 18. The second-order valence-electron chi connectivity index (χ2n) is 9.40. The second kappa shape index (κ2) is 14.6. The van der Waals surface area contributed by atoms with E-state index in [-0.39, 0.29) is 0 Å². The number of carbonyl (C=O) groups is 2. The summed E-state index contributed by atoms with van der Waals surface area (Å²) in [4.78, 5) is 24.7. The van der Waals surface area contributed by atoms with E-state index < -0.39 is 22.8 Å². The van der Waals surface area contributed by atoms with Gasteiger partial charge >= 0.3 is 11.9 Å². The van der Waals surface area contributed by atoms with E-state index in [1.165, 1.54) is 57.8 Å². The standard InChI is InChI=1S/C26H46O4/c1-3-5-7-8-9-10-11-12-13-14-15-16-20-26(24(29)30)22-18-17-21-25(26,23(27)28)19-6-4-2/h17-18H,3-16,19-22H2,1-2H3,(H,27,28)(H,29,30). The number of carboxylic acids is 2. The van der Waals surface area contributed by atoms with Crippen LogP contribution in [0, 0.1) is 10.8 Å². The van der Waals surface area contributed by atoms with Gasteiger partial charge in [0.15, 0.2) is 0 Å². The zero-order valence-corrected chi connectivity index (χ0v) is 19.6. The lowest BCUT2D eigenvalue weighted by Gasteiger charge is -2.46. The molecule has 4 nitrogen and oxygen atoms in total. The van der Waals surface area contributed by atoms with Gasteiger partial charge in [-0.25, -0.2) is 0 Å². The predicted molar refractivity (Wildman–Crippen MR) is 124 cm³/mol. The molecule has 1 aliphatic rings. The Labute approximate surface area is 184 Å². The van der Waals surface area contributed by atoms with Crippen molar-refractivity contribution in [2.45, 2.75) is 129 Å². The topological polar surface area (TPSA) is 74.6 Å². The Kier molecular flexibility index (Phi) is 13.0. The average molecular weight is 423 g/mol. The highest BCUT2D eigenvalue weighted by molar-refractivity contribution is 5.87. The van der Waals surface area contributed by atoms with Gasteiger partial charge in [-0.2, -0.15) is 0 Å². The summed E-state index contributed by atoms with van der Waals surface area (Å²) >= 11 is 0. The SMILES string of the molecule is CCCCCCCCCCCCCCC1(C(=O)O)CC=CCC1(CCCC)C(=O)O. The molecule has 30 heavy (non-hydrogen) atoms. The number of allylic oxidation sites excluding steroid dienone is 2. The molecule has 0 aromatic carbocycles. The van der Waals surface area contributed by atoms with Crippen molar-refractivity contribution in [1.29, 1.82) is 0 Å². The maximum absolute atomic E-state index is 12.4. The quantitative estimate of drug-likeness (QED) is 0.175. The van der Waals surface area contributed by atoms with Gasteiger partial charge in [0.1, 0.15) is 0 Å². The van der Waals surface area contributed by atoms with Crippen molar-refractivity contribution >= 4 is 11.9 Å². The van der Waals surface area contributed by atoms with Gasteiger partial charge in [0.2, 0.25) is 0 Å². The fourth-order valence-corrected chi connectivity index (χ4v) is 5.19. The molecule has 0 heterocycles. The highest BCUT2D eigenvalue weighted by atomic mass is 16.4. The zero-order valence-electron chi connectivity index (χ0n) is 19.6. The van der Waals surface area contributed by atoms with E-state index in [0.717, 1.165) is 32.1 Å². The normalized spacial score (nSPS) is 23.5. The maximum atomic E-state index is 12.4. The van der Waals surface area contributed by atoms with E-state index in [9.17, 15) is 19.8 Å². The van der Waals surface area contributed by atoms with Crippen LogP contribution in [0.15, 0.2) is 12.2 Å². The van der Waals surface area contributed by atoms with Crippen LogP contribution in [0.3, 0.4) is 0 Å². The Balaban J connectivity index is 2.46. The van der Waals surface area contributed by atoms with Crippen LogP contribution in [0.4, 0.5) is 0 Å². The molecule has 0 spiro atoms. The lowest BCUT2D eigenvalue weighted by Crippen LogP contribution is -2.53. The van der Waals surface area contributed by atoms with Gasteiger partial charge in [0.05, 0.1) is 10.8 Å². The van der Waals surface area contributed by atoms with E-state index in [1.807, 2.05) is 19.1 Å². The second-order valence-corrected chi connectivity index (χ2v) is 9.40. The van der Waals surface area contributed by atoms with Gasteiger partial charge < -0.3 is 10.2 Å². The first-order chi connectivity index (χ1) is 14.5. The minimum Gasteiger partial charge on any atom is -0.481 e. The largest absolute Gasteiger partial charge is 0.481 e. The first-order valence-electron chi connectivity index (χ1n) is 12.6. The van der Waals surface area contributed by atoms with E-state index in [0.29, 0.717) is 25.7 Å². The molecule has 1 aliphatic carbocycles. The molecule has 0 fully saturated rings. The van der Waals surface area contributed by atoms with Crippen LogP contribution in [0.25, 0.3) is 0 Å². The lowest BCUT2D eigenvalue weighted by molar-refractivity contribution is -0.177. The van der Waals surface area contributed by atoms with Crippen LogP contribution < -0.4 is 0 Å². The van der Waals surface area contributed by atoms with Crippen LogP contribution in [0.5, 0.6) is 0 Å². The fraction of sp³-hybridized carbons (Fsp3) is 0.846. The van der Waals surface area contributed by atoms with Crippen LogP contribution in [-0.4, -0.2) is 22.2 Å². The van der Waals surface area contributed by atoms with E-state index >= 15 is 0 Å². The number of unbranched alkanes of at least 4 members (excludes halogenated alkanes) is 12.